The first-order chi connectivity index (χ1) is 13.1. The molecule has 1 amide bonds. The van der Waals surface area contributed by atoms with Gasteiger partial charge in [0, 0.05) is 62.2 Å². The minimum atomic E-state index is 0.119. The minimum absolute atomic E-state index is 0.119. The highest BCUT2D eigenvalue weighted by Crippen LogP contribution is 2.27. The molecular weight excluding hydrogens is 360 g/mol. The van der Waals surface area contributed by atoms with Gasteiger partial charge in [-0.1, -0.05) is 23.7 Å². The summed E-state index contributed by atoms with van der Waals surface area (Å²) < 4.78 is 0. The van der Waals surface area contributed by atoms with Gasteiger partial charge in [0.05, 0.1) is 5.69 Å². The number of likely N-dealkylation sites (tertiary alicyclic amines) is 1. The van der Waals surface area contributed by atoms with Crippen molar-refractivity contribution in [1.29, 1.82) is 0 Å². The molecule has 6 heteroatoms. The molecule has 2 aliphatic rings. The normalized spacial score (nSPS) is 20.4. The average molecular weight is 385 g/mol. The van der Waals surface area contributed by atoms with Crippen molar-refractivity contribution in [1.82, 2.24) is 19.8 Å². The van der Waals surface area contributed by atoms with Crippen molar-refractivity contribution < 1.29 is 4.79 Å². The summed E-state index contributed by atoms with van der Waals surface area (Å²) in [5.41, 5.74) is 3.45. The number of carbonyl (C=O) groups is 1. The van der Waals surface area contributed by atoms with Crippen molar-refractivity contribution in [3.8, 4) is 0 Å². The van der Waals surface area contributed by atoms with Gasteiger partial charge in [-0.3, -0.25) is 9.69 Å². The fourth-order valence-corrected chi connectivity index (χ4v) is 4.31. The fraction of sp³-hybridized carbons (Fsp3) is 0.476. The second kappa shape index (κ2) is 7.95. The molecule has 142 valence electrons. The van der Waals surface area contributed by atoms with Gasteiger partial charge in [-0.15, -0.1) is 0 Å². The summed E-state index contributed by atoms with van der Waals surface area (Å²) in [6.07, 6.45) is 5.04. The van der Waals surface area contributed by atoms with Gasteiger partial charge in [0.15, 0.2) is 0 Å². The van der Waals surface area contributed by atoms with Gasteiger partial charge < -0.3 is 4.90 Å². The summed E-state index contributed by atoms with van der Waals surface area (Å²) in [5, 5.41) is 0.790. The maximum absolute atomic E-state index is 11.6. The number of fused-ring (bicyclic) bond motifs is 1. The van der Waals surface area contributed by atoms with Gasteiger partial charge in [-0.2, -0.15) is 0 Å². The van der Waals surface area contributed by atoms with E-state index in [9.17, 15) is 4.79 Å². The Morgan fingerprint density at radius 1 is 1.33 bits per heavy atom. The van der Waals surface area contributed by atoms with Crippen LogP contribution in [-0.2, 0) is 24.3 Å². The molecule has 27 heavy (non-hydrogen) atoms. The molecule has 1 fully saturated rings. The third-order valence-electron chi connectivity index (χ3n) is 5.56. The van der Waals surface area contributed by atoms with Crippen LogP contribution in [0.5, 0.6) is 0 Å². The number of hydrogen-bond donors (Lipinski definition) is 0. The molecule has 4 rings (SSSR count). The molecule has 0 saturated carbocycles. The SMILES string of the molecule is CC(=O)N1CCc2nc([C@H]3CCCN(Cc4cccc(Cl)c4)C3)ncc2C1. The molecule has 0 spiro atoms. The van der Waals surface area contributed by atoms with E-state index < -0.39 is 0 Å². The van der Waals surface area contributed by atoms with Crippen LogP contribution in [0.15, 0.2) is 30.5 Å². The van der Waals surface area contributed by atoms with Gasteiger partial charge in [-0.05, 0) is 37.1 Å². The molecule has 2 aromatic rings. The Morgan fingerprint density at radius 3 is 3.04 bits per heavy atom. The van der Waals surface area contributed by atoms with E-state index in [0.717, 1.165) is 67.5 Å². The lowest BCUT2D eigenvalue weighted by Gasteiger charge is -2.33. The Balaban J connectivity index is 1.45. The van der Waals surface area contributed by atoms with Crippen LogP contribution in [0.2, 0.25) is 5.02 Å². The summed E-state index contributed by atoms with van der Waals surface area (Å²) in [4.78, 5) is 25.5. The second-order valence-corrected chi connectivity index (χ2v) is 8.03. The molecule has 0 aliphatic carbocycles. The van der Waals surface area contributed by atoms with Crippen molar-refractivity contribution in [3.63, 3.8) is 0 Å². The lowest BCUT2D eigenvalue weighted by atomic mass is 9.96. The number of nitrogens with zero attached hydrogens (tertiary/aromatic N) is 4. The van der Waals surface area contributed by atoms with Crippen LogP contribution < -0.4 is 0 Å². The number of aromatic nitrogens is 2. The highest BCUT2D eigenvalue weighted by atomic mass is 35.5. The Kier molecular flexibility index (Phi) is 5.41. The van der Waals surface area contributed by atoms with Crippen LogP contribution in [-0.4, -0.2) is 45.3 Å². The maximum Gasteiger partial charge on any atom is 0.219 e. The van der Waals surface area contributed by atoms with Crippen molar-refractivity contribution in [2.45, 2.75) is 45.2 Å². The summed E-state index contributed by atoms with van der Waals surface area (Å²) >= 11 is 6.12. The Bertz CT molecular complexity index is 841. The fourth-order valence-electron chi connectivity index (χ4n) is 4.10. The van der Waals surface area contributed by atoms with Crippen molar-refractivity contribution >= 4 is 17.5 Å². The number of amides is 1. The standard InChI is InChI=1S/C21H25ClN4O/c1-15(27)26-9-7-20-18(14-26)11-23-21(24-20)17-5-3-8-25(13-17)12-16-4-2-6-19(22)10-16/h2,4,6,10-11,17H,3,5,7-9,12-14H2,1H3/t17-/m0/s1. The lowest BCUT2D eigenvalue weighted by Crippen LogP contribution is -2.36. The van der Waals surface area contributed by atoms with Gasteiger partial charge in [0.2, 0.25) is 5.91 Å². The molecule has 1 aromatic carbocycles. The molecule has 1 saturated heterocycles. The van der Waals surface area contributed by atoms with E-state index in [-0.39, 0.29) is 5.91 Å². The molecule has 0 N–H and O–H groups in total. The van der Waals surface area contributed by atoms with E-state index in [2.05, 4.69) is 16.0 Å². The predicted octanol–water partition coefficient (Wildman–Crippen LogP) is 3.41. The molecule has 3 heterocycles. The quantitative estimate of drug-likeness (QED) is 0.813. The van der Waals surface area contributed by atoms with Crippen LogP contribution in [0.1, 0.15) is 48.3 Å². The smallest absolute Gasteiger partial charge is 0.219 e. The molecular formula is C21H25ClN4O. The van der Waals surface area contributed by atoms with E-state index in [1.165, 1.54) is 5.56 Å². The summed E-state index contributed by atoms with van der Waals surface area (Å²) in [5.74, 6) is 1.45. The van der Waals surface area contributed by atoms with Crippen LogP contribution in [0.25, 0.3) is 0 Å². The second-order valence-electron chi connectivity index (χ2n) is 7.59. The van der Waals surface area contributed by atoms with Gasteiger partial charge in [0.25, 0.3) is 0 Å². The van der Waals surface area contributed by atoms with Crippen LogP contribution >= 0.6 is 11.6 Å². The molecule has 0 radical (unpaired) electrons. The van der Waals surface area contributed by atoms with Gasteiger partial charge in [0.1, 0.15) is 5.82 Å². The molecule has 2 aliphatic heterocycles. The molecule has 0 unspecified atom stereocenters. The monoisotopic (exact) mass is 384 g/mol. The molecule has 1 aromatic heterocycles. The first-order valence-electron chi connectivity index (χ1n) is 9.65. The summed E-state index contributed by atoms with van der Waals surface area (Å²) in [7, 11) is 0. The van der Waals surface area contributed by atoms with Crippen LogP contribution in [0, 0.1) is 0 Å². The first kappa shape index (κ1) is 18.4. The topological polar surface area (TPSA) is 49.3 Å². The van der Waals surface area contributed by atoms with E-state index in [4.69, 9.17) is 16.6 Å². The average Bonchev–Trinajstić information content (AvgIpc) is 2.67. The number of halogens is 1. The van der Waals surface area contributed by atoms with Crippen molar-refractivity contribution in [2.24, 2.45) is 0 Å². The van der Waals surface area contributed by atoms with E-state index in [0.29, 0.717) is 12.5 Å². The van der Waals surface area contributed by atoms with Crippen molar-refractivity contribution in [2.75, 3.05) is 19.6 Å². The summed E-state index contributed by atoms with van der Waals surface area (Å²) in [6.45, 7) is 6.00. The van der Waals surface area contributed by atoms with E-state index in [1.807, 2.05) is 29.3 Å². The number of rotatable bonds is 3. The van der Waals surface area contributed by atoms with E-state index in [1.54, 1.807) is 6.92 Å². The highest BCUT2D eigenvalue weighted by Gasteiger charge is 2.26. The predicted molar refractivity (Wildman–Crippen MR) is 106 cm³/mol. The molecule has 0 bridgehead atoms. The Hall–Kier alpha value is -1.98. The Labute approximate surface area is 165 Å². The third-order valence-corrected chi connectivity index (χ3v) is 5.80. The number of piperidine rings is 1. The van der Waals surface area contributed by atoms with Crippen LogP contribution in [0.4, 0.5) is 0 Å². The largest absolute Gasteiger partial charge is 0.338 e. The lowest BCUT2D eigenvalue weighted by molar-refractivity contribution is -0.129. The highest BCUT2D eigenvalue weighted by molar-refractivity contribution is 6.30. The minimum Gasteiger partial charge on any atom is -0.338 e. The van der Waals surface area contributed by atoms with Crippen LogP contribution in [0.3, 0.4) is 0 Å². The third kappa shape index (κ3) is 4.30. The van der Waals surface area contributed by atoms with Gasteiger partial charge in [-0.25, -0.2) is 9.97 Å². The number of hydrogen-bond acceptors (Lipinski definition) is 4. The number of benzene rings is 1. The van der Waals surface area contributed by atoms with E-state index >= 15 is 0 Å². The number of carbonyl (C=O) groups excluding carboxylic acids is 1. The molecule has 5 nitrogen and oxygen atoms in total. The first-order valence-corrected chi connectivity index (χ1v) is 10.0. The Morgan fingerprint density at radius 2 is 2.22 bits per heavy atom. The van der Waals surface area contributed by atoms with Crippen molar-refractivity contribution in [3.05, 3.63) is 58.1 Å². The zero-order valence-corrected chi connectivity index (χ0v) is 16.5. The maximum atomic E-state index is 11.6. The molecule has 1 atom stereocenters. The zero-order valence-electron chi connectivity index (χ0n) is 15.7. The summed E-state index contributed by atoms with van der Waals surface area (Å²) in [6, 6.07) is 8.10. The zero-order chi connectivity index (χ0) is 18.8. The van der Waals surface area contributed by atoms with Gasteiger partial charge >= 0.3 is 0 Å².